The van der Waals surface area contributed by atoms with Gasteiger partial charge in [0, 0.05) is 21.9 Å². The summed E-state index contributed by atoms with van der Waals surface area (Å²) in [7, 11) is 0. The molecule has 2 aromatic carbocycles. The van der Waals surface area contributed by atoms with Gasteiger partial charge in [-0.2, -0.15) is 0 Å². The molecule has 0 saturated carbocycles. The lowest BCUT2D eigenvalue weighted by Gasteiger charge is -2.09. The zero-order chi connectivity index (χ0) is 23.7. The van der Waals surface area contributed by atoms with Crippen LogP contribution in [0.1, 0.15) is 12.5 Å². The lowest BCUT2D eigenvalue weighted by Crippen LogP contribution is -2.23. The third kappa shape index (κ3) is 4.68. The highest BCUT2D eigenvalue weighted by atomic mass is 32.2. The minimum atomic E-state index is -0.471. The van der Waals surface area contributed by atoms with Crippen molar-refractivity contribution < 1.29 is 4.79 Å². The Hall–Kier alpha value is -3.27. The van der Waals surface area contributed by atoms with Crippen LogP contribution in [0.2, 0.25) is 0 Å². The van der Waals surface area contributed by atoms with Crippen molar-refractivity contribution in [3.63, 3.8) is 0 Å². The summed E-state index contributed by atoms with van der Waals surface area (Å²) in [6.07, 6.45) is 0. The van der Waals surface area contributed by atoms with Crippen LogP contribution >= 0.6 is 34.4 Å². The zero-order valence-corrected chi connectivity index (χ0v) is 20.8. The molecule has 1 amide bonds. The molecule has 3 heterocycles. The highest BCUT2D eigenvalue weighted by molar-refractivity contribution is 8.00. The van der Waals surface area contributed by atoms with Crippen LogP contribution in [-0.4, -0.2) is 26.1 Å². The molecule has 1 unspecified atom stereocenters. The number of rotatable bonds is 6. The molecule has 0 radical (unpaired) electrons. The SMILES string of the molecule is Cc1ccc(-c2csc3nc(SC(C)C(=O)Nc4nc(-c5ccccc5)cs4)[nH]c(=O)c23)cc1. The number of carbonyl (C=O) groups is 1. The first kappa shape index (κ1) is 22.5. The third-order valence-electron chi connectivity index (χ3n) is 5.25. The number of carbonyl (C=O) groups excluding carboxylic acids is 1. The molecular formula is C25H20N4O2S3. The van der Waals surface area contributed by atoms with Crippen molar-refractivity contribution in [1.29, 1.82) is 0 Å². The first-order valence-electron chi connectivity index (χ1n) is 10.5. The van der Waals surface area contributed by atoms with E-state index in [1.54, 1.807) is 6.92 Å². The van der Waals surface area contributed by atoms with Crippen LogP contribution in [0.5, 0.6) is 0 Å². The second kappa shape index (κ2) is 9.54. The Morgan fingerprint density at radius 2 is 1.76 bits per heavy atom. The van der Waals surface area contributed by atoms with Crippen molar-refractivity contribution in [1.82, 2.24) is 15.0 Å². The Morgan fingerprint density at radius 1 is 1.00 bits per heavy atom. The van der Waals surface area contributed by atoms with E-state index in [0.29, 0.717) is 20.5 Å². The van der Waals surface area contributed by atoms with E-state index in [0.717, 1.165) is 27.9 Å². The van der Waals surface area contributed by atoms with E-state index in [9.17, 15) is 9.59 Å². The van der Waals surface area contributed by atoms with Crippen molar-refractivity contribution in [2.75, 3.05) is 5.32 Å². The van der Waals surface area contributed by atoms with Gasteiger partial charge in [-0.25, -0.2) is 9.97 Å². The van der Waals surface area contributed by atoms with Crippen molar-refractivity contribution in [3.05, 3.63) is 81.3 Å². The minimum Gasteiger partial charge on any atom is -0.301 e. The molecule has 0 bridgehead atoms. The van der Waals surface area contributed by atoms with E-state index < -0.39 is 5.25 Å². The number of thiazole rings is 1. The van der Waals surface area contributed by atoms with Crippen LogP contribution in [0.15, 0.2) is 75.3 Å². The second-order valence-corrected chi connectivity index (χ2v) is 10.8. The number of aromatic amines is 1. The molecule has 5 aromatic rings. The fourth-order valence-corrected chi connectivity index (χ4v) is 5.96. The van der Waals surface area contributed by atoms with Gasteiger partial charge in [0.15, 0.2) is 10.3 Å². The summed E-state index contributed by atoms with van der Waals surface area (Å²) < 4.78 is 0. The smallest absolute Gasteiger partial charge is 0.260 e. The summed E-state index contributed by atoms with van der Waals surface area (Å²) in [5, 5.41) is 7.79. The molecule has 3 aromatic heterocycles. The molecule has 9 heteroatoms. The first-order chi connectivity index (χ1) is 16.5. The van der Waals surface area contributed by atoms with Gasteiger partial charge in [-0.1, -0.05) is 71.9 Å². The minimum absolute atomic E-state index is 0.201. The Bertz CT molecular complexity index is 1520. The van der Waals surface area contributed by atoms with Gasteiger partial charge in [0.1, 0.15) is 4.83 Å². The van der Waals surface area contributed by atoms with Crippen LogP contribution in [0.3, 0.4) is 0 Å². The summed E-state index contributed by atoms with van der Waals surface area (Å²) in [6, 6.07) is 17.9. The fourth-order valence-electron chi connectivity index (χ4n) is 3.43. The van der Waals surface area contributed by atoms with Gasteiger partial charge >= 0.3 is 0 Å². The maximum atomic E-state index is 12.9. The highest BCUT2D eigenvalue weighted by Gasteiger charge is 2.19. The quantitative estimate of drug-likeness (QED) is 0.212. The van der Waals surface area contributed by atoms with Gasteiger partial charge in [-0.3, -0.25) is 9.59 Å². The molecule has 6 nitrogen and oxygen atoms in total. The maximum absolute atomic E-state index is 12.9. The second-order valence-electron chi connectivity index (χ2n) is 7.72. The van der Waals surface area contributed by atoms with E-state index in [1.807, 2.05) is 72.3 Å². The standard InChI is InChI=1S/C25H20N4O2S3/c1-14-8-10-16(11-9-14)18-12-32-23-20(18)22(31)28-25(29-23)34-15(2)21(30)27-24-26-19(13-33-24)17-6-4-3-5-7-17/h3-13,15H,1-2H3,(H,26,27,30)(H,28,29,31). The van der Waals surface area contributed by atoms with Gasteiger partial charge < -0.3 is 10.3 Å². The van der Waals surface area contributed by atoms with Crippen LogP contribution in [-0.2, 0) is 4.79 Å². The molecule has 0 spiro atoms. The van der Waals surface area contributed by atoms with Gasteiger partial charge in [0.05, 0.1) is 16.3 Å². The number of thiophene rings is 1. The summed E-state index contributed by atoms with van der Waals surface area (Å²) in [4.78, 5) is 38.2. The summed E-state index contributed by atoms with van der Waals surface area (Å²) in [6.45, 7) is 3.81. The molecule has 5 rings (SSSR count). The zero-order valence-electron chi connectivity index (χ0n) is 18.4. The fraction of sp³-hybridized carbons (Fsp3) is 0.120. The number of hydrogen-bond acceptors (Lipinski definition) is 7. The molecule has 0 saturated heterocycles. The number of aryl methyl sites for hydroxylation is 1. The Kier molecular flexibility index (Phi) is 6.32. The van der Waals surface area contributed by atoms with E-state index in [1.165, 1.54) is 34.4 Å². The lowest BCUT2D eigenvalue weighted by molar-refractivity contribution is -0.115. The number of nitrogens with zero attached hydrogens (tertiary/aromatic N) is 2. The van der Waals surface area contributed by atoms with Crippen molar-refractivity contribution in [2.24, 2.45) is 0 Å². The van der Waals surface area contributed by atoms with Gasteiger partial charge in [-0.15, -0.1) is 22.7 Å². The Balaban J connectivity index is 1.31. The summed E-state index contributed by atoms with van der Waals surface area (Å²) >= 11 is 4.02. The monoisotopic (exact) mass is 504 g/mol. The van der Waals surface area contributed by atoms with Crippen LogP contribution < -0.4 is 10.9 Å². The average molecular weight is 505 g/mol. The topological polar surface area (TPSA) is 87.7 Å². The summed E-state index contributed by atoms with van der Waals surface area (Å²) in [5.41, 5.74) is 4.63. The summed E-state index contributed by atoms with van der Waals surface area (Å²) in [5.74, 6) is -0.201. The lowest BCUT2D eigenvalue weighted by atomic mass is 10.1. The predicted octanol–water partition coefficient (Wildman–Crippen LogP) is 6.20. The molecule has 2 N–H and O–H groups in total. The van der Waals surface area contributed by atoms with Gasteiger partial charge in [0.25, 0.3) is 5.56 Å². The number of fused-ring (bicyclic) bond motifs is 1. The first-order valence-corrected chi connectivity index (χ1v) is 13.2. The molecule has 0 fully saturated rings. The molecule has 0 aliphatic heterocycles. The number of anilines is 1. The van der Waals surface area contributed by atoms with Crippen molar-refractivity contribution in [2.45, 2.75) is 24.3 Å². The number of H-pyrrole nitrogens is 1. The molecule has 1 atom stereocenters. The van der Waals surface area contributed by atoms with Gasteiger partial charge in [-0.05, 0) is 19.4 Å². The van der Waals surface area contributed by atoms with E-state index in [-0.39, 0.29) is 11.5 Å². The number of aromatic nitrogens is 3. The van der Waals surface area contributed by atoms with Crippen molar-refractivity contribution >= 4 is 55.7 Å². The molecule has 170 valence electrons. The van der Waals surface area contributed by atoms with Crippen LogP contribution in [0.4, 0.5) is 5.13 Å². The Morgan fingerprint density at radius 3 is 2.53 bits per heavy atom. The van der Waals surface area contributed by atoms with Crippen LogP contribution in [0.25, 0.3) is 32.6 Å². The number of thioether (sulfide) groups is 1. The van der Waals surface area contributed by atoms with E-state index in [2.05, 4.69) is 20.3 Å². The number of nitrogens with one attached hydrogen (secondary N) is 2. The Labute approximate surface area is 208 Å². The average Bonchev–Trinajstić information content (AvgIpc) is 3.48. The molecular weight excluding hydrogens is 485 g/mol. The maximum Gasteiger partial charge on any atom is 0.260 e. The number of hydrogen-bond donors (Lipinski definition) is 2. The normalized spacial score (nSPS) is 12.1. The largest absolute Gasteiger partial charge is 0.301 e. The number of amides is 1. The van der Waals surface area contributed by atoms with Gasteiger partial charge in [0.2, 0.25) is 5.91 Å². The van der Waals surface area contributed by atoms with E-state index in [4.69, 9.17) is 0 Å². The van der Waals surface area contributed by atoms with Crippen molar-refractivity contribution in [3.8, 4) is 22.4 Å². The molecule has 34 heavy (non-hydrogen) atoms. The number of benzene rings is 2. The van der Waals surface area contributed by atoms with Crippen LogP contribution in [0, 0.1) is 6.92 Å². The predicted molar refractivity (Wildman–Crippen MR) is 142 cm³/mol. The van der Waals surface area contributed by atoms with E-state index >= 15 is 0 Å². The molecule has 0 aliphatic carbocycles. The third-order valence-corrected chi connectivity index (χ3v) is 7.86. The molecule has 0 aliphatic rings. The highest BCUT2D eigenvalue weighted by Crippen LogP contribution is 2.32.